The second-order valence-corrected chi connectivity index (χ2v) is 9.30. The molecule has 3 aromatic rings. The summed E-state index contributed by atoms with van der Waals surface area (Å²) < 4.78 is 10.8. The van der Waals surface area contributed by atoms with Gasteiger partial charge in [0.05, 0.1) is 25.2 Å². The van der Waals surface area contributed by atoms with Crippen LogP contribution >= 0.6 is 0 Å². The minimum Gasteiger partial charge on any atom is -0.493 e. The number of carbonyl (C=O) groups is 2. The lowest BCUT2D eigenvalue weighted by molar-refractivity contribution is -0.142. The molecule has 3 heterocycles. The molecule has 5 rings (SSSR count). The van der Waals surface area contributed by atoms with Crippen LogP contribution in [0, 0.1) is 0 Å². The number of imide groups is 1. The lowest BCUT2D eigenvalue weighted by atomic mass is 9.81. The van der Waals surface area contributed by atoms with E-state index in [0.29, 0.717) is 60.1 Å². The van der Waals surface area contributed by atoms with Crippen LogP contribution in [0.15, 0.2) is 42.5 Å². The summed E-state index contributed by atoms with van der Waals surface area (Å²) in [5, 5.41) is 0.690. The number of rotatable bonds is 5. The summed E-state index contributed by atoms with van der Waals surface area (Å²) >= 11 is 0. The molecule has 2 aromatic carbocycles. The summed E-state index contributed by atoms with van der Waals surface area (Å²) in [5.74, 6) is 1.79. The van der Waals surface area contributed by atoms with Crippen LogP contribution in [0.4, 0.5) is 11.8 Å². The molecular weight excluding hydrogens is 446 g/mol. The number of anilines is 2. The van der Waals surface area contributed by atoms with E-state index in [9.17, 15) is 9.59 Å². The molecule has 182 valence electrons. The summed E-state index contributed by atoms with van der Waals surface area (Å²) in [6.45, 7) is 3.09. The normalized spacial score (nSPS) is 21.1. The Morgan fingerprint density at radius 1 is 1.00 bits per heavy atom. The first kappa shape index (κ1) is 22.9. The average molecular weight is 476 g/mol. The zero-order valence-electron chi connectivity index (χ0n) is 20.2. The molecule has 1 aromatic heterocycles. The number of hydrogen-bond acceptors (Lipinski definition) is 8. The maximum absolute atomic E-state index is 13.4. The topological polar surface area (TPSA) is 111 Å². The molecule has 0 saturated carbocycles. The van der Waals surface area contributed by atoms with Crippen LogP contribution in [0.5, 0.6) is 11.5 Å². The monoisotopic (exact) mass is 475 g/mol. The average Bonchev–Trinajstić information content (AvgIpc) is 3.12. The van der Waals surface area contributed by atoms with Gasteiger partial charge in [-0.25, -0.2) is 4.98 Å². The number of nitrogens with zero attached hydrogens (tertiary/aromatic N) is 4. The molecule has 2 aliphatic heterocycles. The van der Waals surface area contributed by atoms with E-state index in [-0.39, 0.29) is 24.3 Å². The molecular formula is C26H29N5O4. The van der Waals surface area contributed by atoms with Crippen molar-refractivity contribution in [3.05, 3.63) is 48.0 Å². The molecule has 9 heteroatoms. The third-order valence-corrected chi connectivity index (χ3v) is 7.21. The molecule has 0 radical (unpaired) electrons. The Balaban J connectivity index is 1.34. The maximum atomic E-state index is 13.4. The maximum Gasteiger partial charge on any atom is 0.240 e. The number of nitrogen functional groups attached to an aromatic ring is 1. The minimum absolute atomic E-state index is 0.105. The van der Waals surface area contributed by atoms with Gasteiger partial charge in [0.1, 0.15) is 5.82 Å². The van der Waals surface area contributed by atoms with Crippen molar-refractivity contribution in [2.24, 2.45) is 0 Å². The number of nitrogens with two attached hydrogens (primary N) is 1. The fourth-order valence-electron chi connectivity index (χ4n) is 5.18. The van der Waals surface area contributed by atoms with Crippen LogP contribution < -0.4 is 20.1 Å². The van der Waals surface area contributed by atoms with Gasteiger partial charge in [-0.1, -0.05) is 30.3 Å². The van der Waals surface area contributed by atoms with E-state index in [2.05, 4.69) is 4.98 Å². The van der Waals surface area contributed by atoms with E-state index in [1.54, 1.807) is 26.4 Å². The number of fused-ring (bicyclic) bond motifs is 1. The zero-order valence-corrected chi connectivity index (χ0v) is 20.2. The first-order valence-corrected chi connectivity index (χ1v) is 11.7. The fraction of sp³-hybridized carbons (Fsp3) is 0.385. The number of benzene rings is 2. The highest BCUT2D eigenvalue weighted by molar-refractivity contribution is 6.09. The number of likely N-dealkylation sites (tertiary alicyclic amines) is 1. The lowest BCUT2D eigenvalue weighted by Crippen LogP contribution is -2.49. The van der Waals surface area contributed by atoms with Crippen LogP contribution in [0.25, 0.3) is 10.9 Å². The summed E-state index contributed by atoms with van der Waals surface area (Å²) in [5.41, 5.74) is 6.98. The quantitative estimate of drug-likeness (QED) is 0.561. The summed E-state index contributed by atoms with van der Waals surface area (Å²) in [7, 11) is 3.14. The van der Waals surface area contributed by atoms with Gasteiger partial charge in [0.25, 0.3) is 0 Å². The van der Waals surface area contributed by atoms with Crippen LogP contribution in [0.3, 0.4) is 0 Å². The highest BCUT2D eigenvalue weighted by Crippen LogP contribution is 2.39. The van der Waals surface area contributed by atoms with E-state index in [4.69, 9.17) is 20.2 Å². The first-order chi connectivity index (χ1) is 16.9. The molecule has 0 spiro atoms. The van der Waals surface area contributed by atoms with Gasteiger partial charge in [0.2, 0.25) is 17.8 Å². The lowest BCUT2D eigenvalue weighted by Gasteiger charge is -2.36. The van der Waals surface area contributed by atoms with E-state index < -0.39 is 5.41 Å². The summed E-state index contributed by atoms with van der Waals surface area (Å²) in [6, 6.07) is 13.0. The number of hydrogen-bond donors (Lipinski definition) is 1. The Bertz CT molecular complexity index is 1290. The van der Waals surface area contributed by atoms with Crippen molar-refractivity contribution < 1.29 is 19.1 Å². The van der Waals surface area contributed by atoms with Crippen molar-refractivity contribution in [3.63, 3.8) is 0 Å². The number of piperidine rings is 1. The van der Waals surface area contributed by atoms with Crippen molar-refractivity contribution in [2.75, 3.05) is 37.9 Å². The van der Waals surface area contributed by atoms with Crippen molar-refractivity contribution in [1.82, 2.24) is 14.9 Å². The van der Waals surface area contributed by atoms with Crippen LogP contribution in [-0.4, -0.2) is 60.0 Å². The molecule has 2 aliphatic rings. The Morgan fingerprint density at radius 2 is 1.66 bits per heavy atom. The number of aromatic nitrogens is 2. The smallest absolute Gasteiger partial charge is 0.240 e. The number of methoxy groups -OCH3 is 2. The Hall–Kier alpha value is -3.88. The predicted octanol–water partition coefficient (Wildman–Crippen LogP) is 2.91. The number of ether oxygens (including phenoxy) is 2. The summed E-state index contributed by atoms with van der Waals surface area (Å²) in [4.78, 5) is 39.2. The van der Waals surface area contributed by atoms with E-state index >= 15 is 0 Å². The molecule has 1 unspecified atom stereocenters. The standard InChI is InChI=1S/C26H29N5O4/c1-26(16-7-5-4-6-8-16)15-22(32)31(24(26)33)17-9-11-30(12-10-17)25-28-19-14-21(35-3)20(34-2)13-18(19)23(27)29-25/h4-8,13-14,17H,9-12,15H2,1-3H3,(H2,27,28,29). The molecule has 0 bridgehead atoms. The Kier molecular flexibility index (Phi) is 5.70. The summed E-state index contributed by atoms with van der Waals surface area (Å²) in [6.07, 6.45) is 1.50. The second kappa shape index (κ2) is 8.72. The number of amides is 2. The van der Waals surface area contributed by atoms with Crippen LogP contribution in [0.2, 0.25) is 0 Å². The fourth-order valence-corrected chi connectivity index (χ4v) is 5.18. The van der Waals surface area contributed by atoms with Gasteiger partial charge >= 0.3 is 0 Å². The molecule has 2 amide bonds. The van der Waals surface area contributed by atoms with E-state index in [1.165, 1.54) is 4.90 Å². The van der Waals surface area contributed by atoms with Gasteiger partial charge in [0.15, 0.2) is 11.5 Å². The molecule has 35 heavy (non-hydrogen) atoms. The van der Waals surface area contributed by atoms with Crippen LogP contribution in [0.1, 0.15) is 31.7 Å². The third kappa shape index (κ3) is 3.80. The molecule has 9 nitrogen and oxygen atoms in total. The van der Waals surface area contributed by atoms with Crippen molar-refractivity contribution in [1.29, 1.82) is 0 Å². The Morgan fingerprint density at radius 3 is 2.31 bits per heavy atom. The largest absolute Gasteiger partial charge is 0.493 e. The SMILES string of the molecule is COc1cc2nc(N3CCC(N4C(=O)CC(C)(c5ccccc5)C4=O)CC3)nc(N)c2cc1OC. The number of carbonyl (C=O) groups excluding carboxylic acids is 2. The van der Waals surface area contributed by atoms with Crippen molar-refractivity contribution in [2.45, 2.75) is 37.6 Å². The van der Waals surface area contributed by atoms with Gasteiger partial charge < -0.3 is 20.1 Å². The van der Waals surface area contributed by atoms with Gasteiger partial charge in [-0.3, -0.25) is 14.5 Å². The van der Waals surface area contributed by atoms with E-state index in [0.717, 1.165) is 5.56 Å². The molecule has 0 aliphatic carbocycles. The minimum atomic E-state index is -0.814. The van der Waals surface area contributed by atoms with Crippen LogP contribution in [-0.2, 0) is 15.0 Å². The molecule has 2 N–H and O–H groups in total. The van der Waals surface area contributed by atoms with Crippen molar-refractivity contribution in [3.8, 4) is 11.5 Å². The molecule has 2 saturated heterocycles. The van der Waals surface area contributed by atoms with Crippen molar-refractivity contribution >= 4 is 34.5 Å². The second-order valence-electron chi connectivity index (χ2n) is 9.30. The third-order valence-electron chi connectivity index (χ3n) is 7.21. The predicted molar refractivity (Wildman–Crippen MR) is 133 cm³/mol. The molecule has 2 fully saturated rings. The Labute approximate surface area is 203 Å². The zero-order chi connectivity index (χ0) is 24.7. The van der Waals surface area contributed by atoms with Gasteiger partial charge in [-0.15, -0.1) is 0 Å². The highest BCUT2D eigenvalue weighted by atomic mass is 16.5. The van der Waals surface area contributed by atoms with Gasteiger partial charge in [-0.2, -0.15) is 4.98 Å². The first-order valence-electron chi connectivity index (χ1n) is 11.7. The highest BCUT2D eigenvalue weighted by Gasteiger charge is 2.51. The van der Waals surface area contributed by atoms with Gasteiger partial charge in [0, 0.05) is 37.0 Å². The molecule has 1 atom stereocenters. The van der Waals surface area contributed by atoms with Gasteiger partial charge in [-0.05, 0) is 31.4 Å². The van der Waals surface area contributed by atoms with E-state index in [1.807, 2.05) is 42.2 Å².